The van der Waals surface area contributed by atoms with Gasteiger partial charge in [-0.2, -0.15) is 0 Å². The molecule has 4 rings (SSSR count). The lowest BCUT2D eigenvalue weighted by molar-refractivity contribution is 0.175. The maximum Gasteiger partial charge on any atom is 0.318 e. The number of para-hydroxylation sites is 1. The van der Waals surface area contributed by atoms with Gasteiger partial charge in [-0.05, 0) is 36.2 Å². The fourth-order valence-electron chi connectivity index (χ4n) is 3.44. The normalized spacial score (nSPS) is 15.9. The molecule has 1 atom stereocenters. The topological polar surface area (TPSA) is 37.3 Å². The van der Waals surface area contributed by atoms with Crippen LogP contribution < -0.4 is 5.32 Å². The Labute approximate surface area is 147 Å². The van der Waals surface area contributed by atoms with Gasteiger partial charge in [0.25, 0.3) is 0 Å². The first-order valence-corrected chi connectivity index (χ1v) is 8.58. The van der Waals surface area contributed by atoms with Crippen molar-refractivity contribution in [2.24, 2.45) is 0 Å². The Morgan fingerprint density at radius 1 is 1.04 bits per heavy atom. The predicted molar refractivity (Wildman–Crippen MR) is 98.4 cm³/mol. The summed E-state index contributed by atoms with van der Waals surface area (Å²) < 4.78 is 2.18. The van der Waals surface area contributed by atoms with Crippen LogP contribution >= 0.6 is 0 Å². The molecule has 2 amide bonds. The number of amides is 2. The second-order valence-electron chi connectivity index (χ2n) is 6.38. The number of nitrogens with one attached hydrogen (secondary N) is 1. The summed E-state index contributed by atoms with van der Waals surface area (Å²) in [5.74, 6) is 0. The zero-order valence-electron chi connectivity index (χ0n) is 14.2. The lowest BCUT2D eigenvalue weighted by atomic mass is 10.1. The highest BCUT2D eigenvalue weighted by molar-refractivity contribution is 5.75. The van der Waals surface area contributed by atoms with Gasteiger partial charge in [-0.1, -0.05) is 48.5 Å². The Morgan fingerprint density at radius 2 is 1.80 bits per heavy atom. The molecule has 2 heterocycles. The van der Waals surface area contributed by atoms with Crippen molar-refractivity contribution in [2.75, 3.05) is 0 Å². The van der Waals surface area contributed by atoms with Gasteiger partial charge in [-0.15, -0.1) is 0 Å². The van der Waals surface area contributed by atoms with Crippen LogP contribution in [0, 0.1) is 0 Å². The van der Waals surface area contributed by atoms with Gasteiger partial charge in [-0.25, -0.2) is 4.79 Å². The minimum atomic E-state index is -0.0409. The van der Waals surface area contributed by atoms with Gasteiger partial charge in [0.05, 0.1) is 18.3 Å². The van der Waals surface area contributed by atoms with Crippen molar-refractivity contribution in [1.82, 2.24) is 14.8 Å². The number of nitrogens with zero attached hydrogens (tertiary/aromatic N) is 2. The zero-order valence-corrected chi connectivity index (χ0v) is 14.2. The smallest absolute Gasteiger partial charge is 0.318 e. The summed E-state index contributed by atoms with van der Waals surface area (Å²) in [6.07, 6.45) is 2.07. The molecule has 1 aliphatic rings. The standard InChI is InChI=1S/C21H21N3O/c1-16-19-12-7-13-23(19)20-11-6-5-10-18(20)15-24(16)21(25)22-14-17-8-3-2-4-9-17/h2-13,16H,14-15H2,1H3,(H,22,25)/t16-/m1/s1. The van der Waals surface area contributed by atoms with Crippen molar-refractivity contribution in [3.63, 3.8) is 0 Å². The van der Waals surface area contributed by atoms with Gasteiger partial charge in [-0.3, -0.25) is 0 Å². The first-order chi connectivity index (χ1) is 12.2. The summed E-state index contributed by atoms with van der Waals surface area (Å²) >= 11 is 0. The summed E-state index contributed by atoms with van der Waals surface area (Å²) in [5, 5.41) is 3.06. The Kier molecular flexibility index (Phi) is 4.02. The van der Waals surface area contributed by atoms with Crippen LogP contribution in [0.5, 0.6) is 0 Å². The highest BCUT2D eigenvalue weighted by atomic mass is 16.2. The highest BCUT2D eigenvalue weighted by Crippen LogP contribution is 2.31. The number of hydrogen-bond donors (Lipinski definition) is 1. The molecule has 2 aromatic carbocycles. The molecule has 3 aromatic rings. The van der Waals surface area contributed by atoms with Crippen LogP contribution in [0.4, 0.5) is 4.79 Å². The molecule has 0 unspecified atom stereocenters. The van der Waals surface area contributed by atoms with Crippen LogP contribution in [-0.2, 0) is 13.1 Å². The molecule has 126 valence electrons. The number of urea groups is 1. The maximum atomic E-state index is 12.9. The second-order valence-corrected chi connectivity index (χ2v) is 6.38. The maximum absolute atomic E-state index is 12.9. The van der Waals surface area contributed by atoms with E-state index in [0.717, 1.165) is 22.5 Å². The minimum absolute atomic E-state index is 0.00169. The van der Waals surface area contributed by atoms with Gasteiger partial charge in [0.15, 0.2) is 0 Å². The summed E-state index contributed by atoms with van der Waals surface area (Å²) in [6.45, 7) is 3.21. The minimum Gasteiger partial charge on any atom is -0.334 e. The fraction of sp³-hybridized carbons (Fsp3) is 0.190. The summed E-state index contributed by atoms with van der Waals surface area (Å²) in [5.41, 5.74) is 4.52. The summed E-state index contributed by atoms with van der Waals surface area (Å²) in [6, 6.07) is 22.3. The number of fused-ring (bicyclic) bond motifs is 3. The van der Waals surface area contributed by atoms with E-state index in [1.807, 2.05) is 53.4 Å². The number of carbonyl (C=O) groups is 1. The van der Waals surface area contributed by atoms with Gasteiger partial charge >= 0.3 is 6.03 Å². The van der Waals surface area contributed by atoms with Crippen LogP contribution in [0.25, 0.3) is 5.69 Å². The van der Waals surface area contributed by atoms with Gasteiger partial charge in [0, 0.05) is 18.4 Å². The number of aromatic nitrogens is 1. The summed E-state index contributed by atoms with van der Waals surface area (Å²) in [4.78, 5) is 14.8. The molecule has 0 spiro atoms. The number of rotatable bonds is 2. The van der Waals surface area contributed by atoms with Crippen LogP contribution in [0.1, 0.15) is 29.8 Å². The Bertz CT molecular complexity index is 885. The number of benzene rings is 2. The largest absolute Gasteiger partial charge is 0.334 e. The SMILES string of the molecule is C[C@@H]1c2cccn2-c2ccccc2CN1C(=O)NCc1ccccc1. The Hall–Kier alpha value is -3.01. The van der Waals surface area contributed by atoms with Gasteiger partial charge in [0.1, 0.15) is 0 Å². The third-order valence-electron chi connectivity index (χ3n) is 4.82. The number of hydrogen-bond acceptors (Lipinski definition) is 1. The van der Waals surface area contributed by atoms with Crippen LogP contribution in [-0.4, -0.2) is 15.5 Å². The van der Waals surface area contributed by atoms with E-state index in [-0.39, 0.29) is 12.1 Å². The molecule has 0 saturated carbocycles. The van der Waals surface area contributed by atoms with Crippen LogP contribution in [0.15, 0.2) is 72.9 Å². The molecule has 25 heavy (non-hydrogen) atoms. The molecule has 1 aromatic heterocycles. The van der Waals surface area contributed by atoms with Gasteiger partial charge in [0.2, 0.25) is 0 Å². The van der Waals surface area contributed by atoms with E-state index in [1.165, 1.54) is 0 Å². The molecular formula is C21H21N3O. The first kappa shape index (κ1) is 15.5. The van der Waals surface area contributed by atoms with Crippen molar-refractivity contribution in [1.29, 1.82) is 0 Å². The lowest BCUT2D eigenvalue weighted by Crippen LogP contribution is -2.40. The fourth-order valence-corrected chi connectivity index (χ4v) is 3.44. The average molecular weight is 331 g/mol. The molecule has 0 aliphatic carbocycles. The van der Waals surface area contributed by atoms with E-state index in [1.54, 1.807) is 0 Å². The van der Waals surface area contributed by atoms with Crippen molar-refractivity contribution in [3.05, 3.63) is 89.7 Å². The van der Waals surface area contributed by atoms with E-state index in [2.05, 4.69) is 41.2 Å². The first-order valence-electron chi connectivity index (χ1n) is 8.58. The Morgan fingerprint density at radius 3 is 2.64 bits per heavy atom. The zero-order chi connectivity index (χ0) is 17.2. The summed E-state index contributed by atoms with van der Waals surface area (Å²) in [7, 11) is 0. The molecule has 0 bridgehead atoms. The molecule has 1 aliphatic heterocycles. The molecular weight excluding hydrogens is 310 g/mol. The molecule has 0 fully saturated rings. The second kappa shape index (κ2) is 6.48. The van der Waals surface area contributed by atoms with E-state index >= 15 is 0 Å². The van der Waals surface area contributed by atoms with E-state index in [9.17, 15) is 4.79 Å². The lowest BCUT2D eigenvalue weighted by Gasteiger charge is -2.27. The predicted octanol–water partition coefficient (Wildman–Crippen LogP) is 4.26. The molecule has 4 heteroatoms. The molecule has 1 N–H and O–H groups in total. The van der Waals surface area contributed by atoms with Gasteiger partial charge < -0.3 is 14.8 Å². The molecule has 4 nitrogen and oxygen atoms in total. The van der Waals surface area contributed by atoms with Crippen molar-refractivity contribution in [2.45, 2.75) is 26.1 Å². The Balaban J connectivity index is 1.61. The third-order valence-corrected chi connectivity index (χ3v) is 4.82. The van der Waals surface area contributed by atoms with E-state index in [0.29, 0.717) is 13.1 Å². The third kappa shape index (κ3) is 2.91. The van der Waals surface area contributed by atoms with Crippen molar-refractivity contribution >= 4 is 6.03 Å². The molecule has 0 radical (unpaired) electrons. The highest BCUT2D eigenvalue weighted by Gasteiger charge is 2.28. The van der Waals surface area contributed by atoms with Crippen LogP contribution in [0.3, 0.4) is 0 Å². The average Bonchev–Trinajstić information content (AvgIpc) is 3.10. The quantitative estimate of drug-likeness (QED) is 0.748. The van der Waals surface area contributed by atoms with E-state index in [4.69, 9.17) is 0 Å². The van der Waals surface area contributed by atoms with Crippen molar-refractivity contribution in [3.8, 4) is 5.69 Å². The van der Waals surface area contributed by atoms with Crippen molar-refractivity contribution < 1.29 is 4.79 Å². The monoisotopic (exact) mass is 331 g/mol. The van der Waals surface area contributed by atoms with E-state index < -0.39 is 0 Å². The molecule has 0 saturated heterocycles. The van der Waals surface area contributed by atoms with Crippen LogP contribution in [0.2, 0.25) is 0 Å². The number of carbonyl (C=O) groups excluding carboxylic acids is 1.